The Bertz CT molecular complexity index is 422. The number of aromatic nitrogens is 3. The lowest BCUT2D eigenvalue weighted by Crippen LogP contribution is -1.91. The highest BCUT2D eigenvalue weighted by Crippen LogP contribution is 2.26. The van der Waals surface area contributed by atoms with Crippen molar-refractivity contribution in [1.82, 2.24) is 15.0 Å². The molecule has 0 aliphatic heterocycles. The van der Waals surface area contributed by atoms with Crippen LogP contribution in [0.5, 0.6) is 0 Å². The molecule has 70 valence electrons. The van der Waals surface area contributed by atoms with Crippen molar-refractivity contribution in [2.24, 2.45) is 0 Å². The van der Waals surface area contributed by atoms with Gasteiger partial charge in [-0.15, -0.1) is 0 Å². The highest BCUT2D eigenvalue weighted by Gasteiger charge is 2.08. The second-order valence-electron chi connectivity index (χ2n) is 2.87. The van der Waals surface area contributed by atoms with Crippen molar-refractivity contribution in [3.8, 4) is 11.1 Å². The summed E-state index contributed by atoms with van der Waals surface area (Å²) >= 11 is 5.99. The van der Waals surface area contributed by atoms with Gasteiger partial charge in [-0.05, 0) is 13.0 Å². The molecule has 0 bridgehead atoms. The van der Waals surface area contributed by atoms with Crippen LogP contribution in [0.1, 0.15) is 5.69 Å². The van der Waals surface area contributed by atoms with Gasteiger partial charge in [0.05, 0.1) is 5.69 Å². The van der Waals surface area contributed by atoms with Crippen LogP contribution in [0.4, 0.5) is 0 Å². The van der Waals surface area contributed by atoms with Crippen molar-refractivity contribution in [2.75, 3.05) is 0 Å². The summed E-state index contributed by atoms with van der Waals surface area (Å²) in [6.45, 7) is 1.90. The van der Waals surface area contributed by atoms with Gasteiger partial charge in [0.1, 0.15) is 11.5 Å². The van der Waals surface area contributed by atoms with Crippen LogP contribution in [0.15, 0.2) is 30.9 Å². The molecule has 0 saturated carbocycles. The highest BCUT2D eigenvalue weighted by atomic mass is 35.5. The molecule has 0 spiro atoms. The average molecular weight is 206 g/mol. The SMILES string of the molecule is Cc1ncnc(Cl)c1-c1cccnc1. The van der Waals surface area contributed by atoms with E-state index in [0.29, 0.717) is 5.15 Å². The van der Waals surface area contributed by atoms with E-state index in [2.05, 4.69) is 15.0 Å². The number of nitrogens with zero attached hydrogens (tertiary/aromatic N) is 3. The van der Waals surface area contributed by atoms with E-state index in [-0.39, 0.29) is 0 Å². The summed E-state index contributed by atoms with van der Waals surface area (Å²) in [5.74, 6) is 0. The quantitative estimate of drug-likeness (QED) is 0.672. The van der Waals surface area contributed by atoms with Gasteiger partial charge < -0.3 is 0 Å². The van der Waals surface area contributed by atoms with Crippen molar-refractivity contribution in [1.29, 1.82) is 0 Å². The Kier molecular flexibility index (Phi) is 2.41. The first-order valence-corrected chi connectivity index (χ1v) is 4.54. The van der Waals surface area contributed by atoms with Crippen LogP contribution >= 0.6 is 11.6 Å². The van der Waals surface area contributed by atoms with Gasteiger partial charge in [0, 0.05) is 23.5 Å². The van der Waals surface area contributed by atoms with E-state index in [1.165, 1.54) is 6.33 Å². The molecule has 0 radical (unpaired) electrons. The van der Waals surface area contributed by atoms with Gasteiger partial charge in [-0.25, -0.2) is 9.97 Å². The summed E-state index contributed by atoms with van der Waals surface area (Å²) in [7, 11) is 0. The van der Waals surface area contributed by atoms with E-state index < -0.39 is 0 Å². The number of pyridine rings is 1. The Hall–Kier alpha value is -1.48. The lowest BCUT2D eigenvalue weighted by molar-refractivity contribution is 1.10. The monoisotopic (exact) mass is 205 g/mol. The number of halogens is 1. The summed E-state index contributed by atoms with van der Waals surface area (Å²) in [5, 5.41) is 0.463. The zero-order chi connectivity index (χ0) is 9.97. The van der Waals surface area contributed by atoms with Crippen molar-refractivity contribution in [2.45, 2.75) is 6.92 Å². The maximum atomic E-state index is 5.99. The fourth-order valence-electron chi connectivity index (χ4n) is 1.28. The standard InChI is InChI=1S/C10H8ClN3/c1-7-9(10(11)14-6-13-7)8-3-2-4-12-5-8/h2-6H,1H3. The van der Waals surface area contributed by atoms with E-state index >= 15 is 0 Å². The number of rotatable bonds is 1. The van der Waals surface area contributed by atoms with Crippen LogP contribution in [0.3, 0.4) is 0 Å². The first-order valence-electron chi connectivity index (χ1n) is 4.16. The average Bonchev–Trinajstić information content (AvgIpc) is 2.19. The zero-order valence-corrected chi connectivity index (χ0v) is 8.36. The van der Waals surface area contributed by atoms with E-state index in [0.717, 1.165) is 16.8 Å². The maximum absolute atomic E-state index is 5.99. The molecule has 0 aromatic carbocycles. The number of hydrogen-bond acceptors (Lipinski definition) is 3. The lowest BCUT2D eigenvalue weighted by Gasteiger charge is -2.05. The molecular weight excluding hydrogens is 198 g/mol. The molecule has 0 saturated heterocycles. The Labute approximate surface area is 86.8 Å². The second kappa shape index (κ2) is 3.72. The molecule has 14 heavy (non-hydrogen) atoms. The normalized spacial score (nSPS) is 10.1. The molecule has 0 N–H and O–H groups in total. The lowest BCUT2D eigenvalue weighted by atomic mass is 10.1. The topological polar surface area (TPSA) is 38.7 Å². The maximum Gasteiger partial charge on any atom is 0.140 e. The van der Waals surface area contributed by atoms with Gasteiger partial charge in [-0.3, -0.25) is 4.98 Å². The molecule has 0 fully saturated rings. The minimum atomic E-state index is 0.463. The third kappa shape index (κ3) is 1.59. The van der Waals surface area contributed by atoms with Crippen LogP contribution in [0.2, 0.25) is 5.15 Å². The van der Waals surface area contributed by atoms with Crippen LogP contribution in [0, 0.1) is 6.92 Å². The summed E-state index contributed by atoms with van der Waals surface area (Å²) in [6, 6.07) is 3.79. The Balaban J connectivity index is 2.63. The van der Waals surface area contributed by atoms with Gasteiger partial charge in [0.25, 0.3) is 0 Å². The van der Waals surface area contributed by atoms with Crippen LogP contribution in [-0.2, 0) is 0 Å². The third-order valence-electron chi connectivity index (χ3n) is 1.94. The molecule has 4 heteroatoms. The largest absolute Gasteiger partial charge is 0.264 e. The molecule has 0 atom stereocenters. The summed E-state index contributed by atoms with van der Waals surface area (Å²) in [6.07, 6.45) is 4.92. The fraction of sp³-hybridized carbons (Fsp3) is 0.100. The minimum Gasteiger partial charge on any atom is -0.264 e. The van der Waals surface area contributed by atoms with E-state index in [4.69, 9.17) is 11.6 Å². The molecule has 2 rings (SSSR count). The van der Waals surface area contributed by atoms with Gasteiger partial charge in [0.2, 0.25) is 0 Å². The van der Waals surface area contributed by atoms with Crippen LogP contribution < -0.4 is 0 Å². The smallest absolute Gasteiger partial charge is 0.140 e. The zero-order valence-electron chi connectivity index (χ0n) is 7.61. The molecule has 0 unspecified atom stereocenters. The van der Waals surface area contributed by atoms with Gasteiger partial charge >= 0.3 is 0 Å². The summed E-state index contributed by atoms with van der Waals surface area (Å²) in [4.78, 5) is 12.1. The van der Waals surface area contributed by atoms with Crippen LogP contribution in [-0.4, -0.2) is 15.0 Å². The van der Waals surface area contributed by atoms with Gasteiger partial charge in [0.15, 0.2) is 0 Å². The van der Waals surface area contributed by atoms with Crippen molar-refractivity contribution < 1.29 is 0 Å². The Morgan fingerprint density at radius 2 is 2.14 bits per heavy atom. The number of hydrogen-bond donors (Lipinski definition) is 0. The molecule has 3 nitrogen and oxygen atoms in total. The molecule has 2 aromatic rings. The molecule has 0 aliphatic carbocycles. The highest BCUT2D eigenvalue weighted by molar-refractivity contribution is 6.32. The Morgan fingerprint density at radius 1 is 1.29 bits per heavy atom. The third-order valence-corrected chi connectivity index (χ3v) is 2.23. The predicted molar refractivity (Wildman–Crippen MR) is 55.0 cm³/mol. The fourth-order valence-corrected chi connectivity index (χ4v) is 1.57. The summed E-state index contributed by atoms with van der Waals surface area (Å²) < 4.78 is 0. The van der Waals surface area contributed by atoms with E-state index in [1.807, 2.05) is 19.1 Å². The predicted octanol–water partition coefficient (Wildman–Crippen LogP) is 2.50. The first-order chi connectivity index (χ1) is 6.79. The molecule has 2 aromatic heterocycles. The van der Waals surface area contributed by atoms with Crippen molar-refractivity contribution >= 4 is 11.6 Å². The van der Waals surface area contributed by atoms with Gasteiger partial charge in [-0.1, -0.05) is 17.7 Å². The molecule has 2 heterocycles. The molecular formula is C10H8ClN3. The number of aryl methyl sites for hydroxylation is 1. The van der Waals surface area contributed by atoms with E-state index in [9.17, 15) is 0 Å². The second-order valence-corrected chi connectivity index (χ2v) is 3.22. The van der Waals surface area contributed by atoms with Crippen LogP contribution in [0.25, 0.3) is 11.1 Å². The van der Waals surface area contributed by atoms with Crippen molar-refractivity contribution in [3.63, 3.8) is 0 Å². The van der Waals surface area contributed by atoms with Crippen molar-refractivity contribution in [3.05, 3.63) is 41.7 Å². The van der Waals surface area contributed by atoms with Gasteiger partial charge in [-0.2, -0.15) is 0 Å². The van der Waals surface area contributed by atoms with E-state index in [1.54, 1.807) is 12.4 Å². The minimum absolute atomic E-state index is 0.463. The Morgan fingerprint density at radius 3 is 2.79 bits per heavy atom. The first kappa shape index (κ1) is 9.09. The molecule has 0 amide bonds. The molecule has 0 aliphatic rings. The summed E-state index contributed by atoms with van der Waals surface area (Å²) in [5.41, 5.74) is 2.65.